The second-order valence-corrected chi connectivity index (χ2v) is 7.86. The molecule has 2 aromatic carbocycles. The molecule has 1 atom stereocenters. The van der Waals surface area contributed by atoms with Gasteiger partial charge in [-0.25, -0.2) is 4.79 Å². The van der Waals surface area contributed by atoms with E-state index in [1.807, 2.05) is 36.4 Å². The van der Waals surface area contributed by atoms with E-state index in [0.717, 1.165) is 49.7 Å². The summed E-state index contributed by atoms with van der Waals surface area (Å²) >= 11 is 0. The van der Waals surface area contributed by atoms with E-state index in [4.69, 9.17) is 9.47 Å². The first-order valence-electron chi connectivity index (χ1n) is 10.4. The minimum atomic E-state index is -0.897. The van der Waals surface area contributed by atoms with Gasteiger partial charge < -0.3 is 14.8 Å². The van der Waals surface area contributed by atoms with Crippen LogP contribution in [0.25, 0.3) is 0 Å². The number of carbonyl (C=O) groups is 2. The Labute approximate surface area is 178 Å². The standard InChI is InChI=1S/C24H30N2O4/c1-17(2)21-6-4-5-7-22(21)25-23(27)18(3)30-24(28)20-10-8-19(9-11-20)16-26-12-14-29-15-13-26/h4-11,17-18H,12-16H2,1-3H3,(H,25,27)/t18-/m0/s1. The van der Waals surface area contributed by atoms with Gasteiger partial charge in [-0.3, -0.25) is 9.69 Å². The molecule has 160 valence electrons. The molecular formula is C24H30N2O4. The Morgan fingerprint density at radius 1 is 1.03 bits per heavy atom. The van der Waals surface area contributed by atoms with Gasteiger partial charge in [0.15, 0.2) is 6.10 Å². The van der Waals surface area contributed by atoms with E-state index in [-0.39, 0.29) is 11.8 Å². The third kappa shape index (κ3) is 5.90. The van der Waals surface area contributed by atoms with Crippen LogP contribution in [0.4, 0.5) is 5.69 Å². The van der Waals surface area contributed by atoms with E-state index in [9.17, 15) is 9.59 Å². The van der Waals surface area contributed by atoms with Crippen molar-refractivity contribution in [3.8, 4) is 0 Å². The molecule has 6 nitrogen and oxygen atoms in total. The fraction of sp³-hybridized carbons (Fsp3) is 0.417. The van der Waals surface area contributed by atoms with Gasteiger partial charge in [-0.05, 0) is 42.2 Å². The second kappa shape index (κ2) is 10.4. The lowest BCUT2D eigenvalue weighted by atomic mass is 10.0. The highest BCUT2D eigenvalue weighted by molar-refractivity contribution is 5.97. The number of nitrogens with one attached hydrogen (secondary N) is 1. The first-order valence-corrected chi connectivity index (χ1v) is 10.4. The Morgan fingerprint density at radius 2 is 1.70 bits per heavy atom. The summed E-state index contributed by atoms with van der Waals surface area (Å²) in [4.78, 5) is 27.3. The van der Waals surface area contributed by atoms with Crippen molar-refractivity contribution >= 4 is 17.6 Å². The zero-order chi connectivity index (χ0) is 21.5. The average Bonchev–Trinajstić information content (AvgIpc) is 2.75. The zero-order valence-electron chi connectivity index (χ0n) is 17.9. The molecule has 0 aromatic heterocycles. The predicted molar refractivity (Wildman–Crippen MR) is 117 cm³/mol. The van der Waals surface area contributed by atoms with Crippen molar-refractivity contribution in [2.24, 2.45) is 0 Å². The van der Waals surface area contributed by atoms with Gasteiger partial charge in [-0.15, -0.1) is 0 Å². The molecule has 0 saturated carbocycles. The van der Waals surface area contributed by atoms with Crippen molar-refractivity contribution in [3.05, 3.63) is 65.2 Å². The molecule has 1 fully saturated rings. The van der Waals surface area contributed by atoms with Crippen LogP contribution in [0.3, 0.4) is 0 Å². The number of morpholine rings is 1. The largest absolute Gasteiger partial charge is 0.449 e. The fourth-order valence-electron chi connectivity index (χ4n) is 3.39. The number of benzene rings is 2. The summed E-state index contributed by atoms with van der Waals surface area (Å²) in [7, 11) is 0. The summed E-state index contributed by atoms with van der Waals surface area (Å²) in [5, 5.41) is 2.87. The third-order valence-electron chi connectivity index (χ3n) is 5.19. The highest BCUT2D eigenvalue weighted by atomic mass is 16.5. The first kappa shape index (κ1) is 22.0. The van der Waals surface area contributed by atoms with Gasteiger partial charge in [0.05, 0.1) is 18.8 Å². The van der Waals surface area contributed by atoms with E-state index >= 15 is 0 Å². The maximum absolute atomic E-state index is 12.5. The smallest absolute Gasteiger partial charge is 0.338 e. The van der Waals surface area contributed by atoms with E-state index < -0.39 is 12.1 Å². The summed E-state index contributed by atoms with van der Waals surface area (Å²) in [6, 6.07) is 15.0. The van der Waals surface area contributed by atoms with Crippen LogP contribution in [0, 0.1) is 0 Å². The molecule has 2 aromatic rings. The highest BCUT2D eigenvalue weighted by Crippen LogP contribution is 2.24. The Morgan fingerprint density at radius 3 is 2.37 bits per heavy atom. The molecule has 1 saturated heterocycles. The molecular weight excluding hydrogens is 380 g/mol. The summed E-state index contributed by atoms with van der Waals surface area (Å²) in [6.07, 6.45) is -0.897. The molecule has 3 rings (SSSR count). The fourth-order valence-corrected chi connectivity index (χ4v) is 3.39. The first-order chi connectivity index (χ1) is 14.4. The SMILES string of the molecule is CC(C)c1ccccc1NC(=O)[C@H](C)OC(=O)c1ccc(CN2CCOCC2)cc1. The highest BCUT2D eigenvalue weighted by Gasteiger charge is 2.20. The van der Waals surface area contributed by atoms with Crippen molar-refractivity contribution in [2.45, 2.75) is 39.3 Å². The van der Waals surface area contributed by atoms with Crippen molar-refractivity contribution < 1.29 is 19.1 Å². The number of anilines is 1. The average molecular weight is 411 g/mol. The van der Waals surface area contributed by atoms with Crippen LogP contribution in [0.15, 0.2) is 48.5 Å². The summed E-state index contributed by atoms with van der Waals surface area (Å²) in [5.41, 5.74) is 3.35. The molecule has 0 radical (unpaired) electrons. The van der Waals surface area contributed by atoms with Gasteiger partial charge >= 0.3 is 5.97 Å². The van der Waals surface area contributed by atoms with Crippen LogP contribution >= 0.6 is 0 Å². The Kier molecular flexibility index (Phi) is 7.60. The van der Waals surface area contributed by atoms with Crippen LogP contribution in [0.1, 0.15) is 48.2 Å². The van der Waals surface area contributed by atoms with E-state index in [0.29, 0.717) is 5.56 Å². The summed E-state index contributed by atoms with van der Waals surface area (Å²) in [6.45, 7) is 9.88. The molecule has 0 aliphatic carbocycles. The van der Waals surface area contributed by atoms with Gasteiger partial charge in [-0.1, -0.05) is 44.2 Å². The molecule has 0 bridgehead atoms. The molecule has 1 N–H and O–H groups in total. The second-order valence-electron chi connectivity index (χ2n) is 7.86. The predicted octanol–water partition coefficient (Wildman–Crippen LogP) is 3.83. The molecule has 1 amide bonds. The minimum absolute atomic E-state index is 0.273. The number of esters is 1. The molecule has 0 unspecified atom stereocenters. The zero-order valence-corrected chi connectivity index (χ0v) is 17.9. The Hall–Kier alpha value is -2.70. The quantitative estimate of drug-likeness (QED) is 0.703. The summed E-state index contributed by atoms with van der Waals surface area (Å²) < 4.78 is 10.7. The maximum atomic E-state index is 12.5. The van der Waals surface area contributed by atoms with Gasteiger partial charge in [0.2, 0.25) is 0 Å². The van der Waals surface area contributed by atoms with Crippen molar-refractivity contribution in [1.29, 1.82) is 0 Å². The van der Waals surface area contributed by atoms with Crippen molar-refractivity contribution in [1.82, 2.24) is 4.90 Å². The van der Waals surface area contributed by atoms with Crippen LogP contribution in [-0.4, -0.2) is 49.2 Å². The Bertz CT molecular complexity index is 858. The molecule has 6 heteroatoms. The normalized spacial score (nSPS) is 15.6. The van der Waals surface area contributed by atoms with Crippen molar-refractivity contribution in [2.75, 3.05) is 31.6 Å². The molecule has 30 heavy (non-hydrogen) atoms. The molecule has 1 aliphatic rings. The lowest BCUT2D eigenvalue weighted by molar-refractivity contribution is -0.123. The topological polar surface area (TPSA) is 67.9 Å². The maximum Gasteiger partial charge on any atom is 0.338 e. The van der Waals surface area contributed by atoms with Gasteiger partial charge in [-0.2, -0.15) is 0 Å². The number of nitrogens with zero attached hydrogens (tertiary/aromatic N) is 1. The van der Waals surface area contributed by atoms with Crippen LogP contribution in [-0.2, 0) is 20.8 Å². The number of para-hydroxylation sites is 1. The van der Waals surface area contributed by atoms with Crippen LogP contribution in [0.5, 0.6) is 0 Å². The monoisotopic (exact) mass is 410 g/mol. The van der Waals surface area contributed by atoms with Gasteiger partial charge in [0, 0.05) is 25.3 Å². The summed E-state index contributed by atoms with van der Waals surface area (Å²) in [5.74, 6) is -0.580. The number of amides is 1. The van der Waals surface area contributed by atoms with Gasteiger partial charge in [0.25, 0.3) is 5.91 Å². The van der Waals surface area contributed by atoms with Crippen molar-refractivity contribution in [3.63, 3.8) is 0 Å². The number of hydrogen-bond donors (Lipinski definition) is 1. The lowest BCUT2D eigenvalue weighted by Gasteiger charge is -2.26. The minimum Gasteiger partial charge on any atom is -0.449 e. The Balaban J connectivity index is 1.55. The number of carbonyl (C=O) groups excluding carboxylic acids is 2. The van der Waals surface area contributed by atoms with Crippen LogP contribution in [0.2, 0.25) is 0 Å². The number of ether oxygens (including phenoxy) is 2. The van der Waals surface area contributed by atoms with Gasteiger partial charge in [0.1, 0.15) is 0 Å². The molecule has 1 heterocycles. The van der Waals surface area contributed by atoms with E-state index in [2.05, 4.69) is 24.1 Å². The third-order valence-corrected chi connectivity index (χ3v) is 5.19. The number of hydrogen-bond acceptors (Lipinski definition) is 5. The lowest BCUT2D eigenvalue weighted by Crippen LogP contribution is -2.35. The van der Waals surface area contributed by atoms with Crippen LogP contribution < -0.4 is 5.32 Å². The molecule has 1 aliphatic heterocycles. The molecule has 0 spiro atoms. The van der Waals surface area contributed by atoms with E-state index in [1.54, 1.807) is 19.1 Å². The van der Waals surface area contributed by atoms with E-state index in [1.165, 1.54) is 0 Å². The number of rotatable bonds is 7.